The summed E-state index contributed by atoms with van der Waals surface area (Å²) in [5.41, 5.74) is 1.47. The number of carbonyl (C=O) groups excluding carboxylic acids is 1. The van der Waals surface area contributed by atoms with Gasteiger partial charge in [0.25, 0.3) is 0 Å². The average Bonchev–Trinajstić information content (AvgIpc) is 3.41. The van der Waals surface area contributed by atoms with Gasteiger partial charge in [-0.15, -0.1) is 10.2 Å². The molecule has 0 aromatic carbocycles. The summed E-state index contributed by atoms with van der Waals surface area (Å²) in [5.74, 6) is 0.347. The maximum Gasteiger partial charge on any atom is 0.181 e. The molecule has 3 aromatic rings. The van der Waals surface area contributed by atoms with E-state index in [-0.39, 0.29) is 23.0 Å². The molecule has 0 aliphatic heterocycles. The summed E-state index contributed by atoms with van der Waals surface area (Å²) in [5, 5.41) is 21.8. The molecule has 0 aliphatic carbocycles. The average molecular weight is 400 g/mol. The van der Waals surface area contributed by atoms with Crippen molar-refractivity contribution in [2.75, 3.05) is 0 Å². The van der Waals surface area contributed by atoms with Gasteiger partial charge < -0.3 is 9.05 Å². The number of aromatic amines is 1. The third-order valence-electron chi connectivity index (χ3n) is 5.88. The molecule has 0 bridgehead atoms. The molecule has 3 rings (SSSR count). The lowest BCUT2D eigenvalue weighted by Crippen LogP contribution is -2.34. The minimum Gasteiger partial charge on any atom is -0.364 e. The van der Waals surface area contributed by atoms with Crippen LogP contribution in [0.5, 0.6) is 0 Å². The zero-order valence-corrected chi connectivity index (χ0v) is 17.8. The Labute approximate surface area is 169 Å². The second kappa shape index (κ2) is 7.53. The molecule has 9 nitrogen and oxygen atoms in total. The number of aromatic nitrogens is 6. The van der Waals surface area contributed by atoms with Crippen molar-refractivity contribution in [2.45, 2.75) is 77.0 Å². The normalized spacial score (nSPS) is 13.0. The Kier molecular flexibility index (Phi) is 5.42. The van der Waals surface area contributed by atoms with Gasteiger partial charge in [0.1, 0.15) is 12.5 Å². The summed E-state index contributed by atoms with van der Waals surface area (Å²) in [4.78, 5) is 13.0. The highest BCUT2D eigenvalue weighted by Crippen LogP contribution is 2.40. The van der Waals surface area contributed by atoms with Crippen LogP contribution in [0.25, 0.3) is 0 Å². The van der Waals surface area contributed by atoms with Crippen molar-refractivity contribution in [1.29, 1.82) is 0 Å². The van der Waals surface area contributed by atoms with Crippen molar-refractivity contribution in [3.05, 3.63) is 41.4 Å². The summed E-state index contributed by atoms with van der Waals surface area (Å²) in [6.45, 7) is 12.3. The van der Waals surface area contributed by atoms with E-state index in [1.165, 1.54) is 0 Å². The van der Waals surface area contributed by atoms with E-state index in [0.717, 1.165) is 29.7 Å². The lowest BCUT2D eigenvalue weighted by molar-refractivity contribution is -0.123. The molecule has 0 fully saturated rings. The zero-order chi connectivity index (χ0) is 21.3. The summed E-state index contributed by atoms with van der Waals surface area (Å²) in [6, 6.07) is 0. The Hall–Kier alpha value is -2.84. The molecule has 9 heteroatoms. The van der Waals surface area contributed by atoms with Crippen LogP contribution in [0.2, 0.25) is 0 Å². The number of hydrogen-bond donors (Lipinski definition) is 1. The molecule has 0 saturated carbocycles. The minimum absolute atomic E-state index is 0.0241. The smallest absolute Gasteiger partial charge is 0.181 e. The molecule has 0 unspecified atom stereocenters. The van der Waals surface area contributed by atoms with Crippen LogP contribution in [0.4, 0.5) is 0 Å². The first kappa shape index (κ1) is 20.9. The number of carbonyl (C=O) groups is 1. The van der Waals surface area contributed by atoms with Gasteiger partial charge in [-0.2, -0.15) is 5.21 Å². The van der Waals surface area contributed by atoms with Crippen LogP contribution >= 0.6 is 0 Å². The third-order valence-corrected chi connectivity index (χ3v) is 5.88. The fourth-order valence-electron chi connectivity index (χ4n) is 3.37. The van der Waals surface area contributed by atoms with Crippen LogP contribution in [0.3, 0.4) is 0 Å². The first-order valence-electron chi connectivity index (χ1n) is 9.65. The number of ketones is 1. The Bertz CT molecular complexity index is 939. The molecule has 0 radical (unpaired) electrons. The van der Waals surface area contributed by atoms with Gasteiger partial charge in [-0.25, -0.2) is 0 Å². The van der Waals surface area contributed by atoms with E-state index in [1.807, 2.05) is 13.8 Å². The first-order valence-corrected chi connectivity index (χ1v) is 9.65. The Morgan fingerprint density at radius 3 is 2.38 bits per heavy atom. The predicted octanol–water partition coefficient (Wildman–Crippen LogP) is 3.30. The Morgan fingerprint density at radius 1 is 1.03 bits per heavy atom. The molecule has 3 aromatic heterocycles. The predicted molar refractivity (Wildman–Crippen MR) is 104 cm³/mol. The van der Waals surface area contributed by atoms with Gasteiger partial charge in [-0.05, 0) is 32.1 Å². The van der Waals surface area contributed by atoms with Crippen molar-refractivity contribution in [2.24, 2.45) is 0 Å². The number of hydrogen-bond acceptors (Lipinski definition) is 8. The van der Waals surface area contributed by atoms with Gasteiger partial charge in [-0.3, -0.25) is 4.79 Å². The van der Waals surface area contributed by atoms with Crippen molar-refractivity contribution in [3.8, 4) is 0 Å². The molecular weight excluding hydrogens is 372 g/mol. The largest absolute Gasteiger partial charge is 0.364 e. The van der Waals surface area contributed by atoms with Crippen LogP contribution in [0.15, 0.2) is 27.8 Å². The second-order valence-electron chi connectivity index (χ2n) is 9.31. The summed E-state index contributed by atoms with van der Waals surface area (Å²) in [7, 11) is 0. The van der Waals surface area contributed by atoms with Crippen molar-refractivity contribution < 1.29 is 13.8 Å². The van der Waals surface area contributed by atoms with Gasteiger partial charge >= 0.3 is 0 Å². The van der Waals surface area contributed by atoms with E-state index in [9.17, 15) is 4.79 Å². The topological polar surface area (TPSA) is 124 Å². The Morgan fingerprint density at radius 2 is 1.76 bits per heavy atom. The summed E-state index contributed by atoms with van der Waals surface area (Å²) >= 11 is 0. The van der Waals surface area contributed by atoms with Crippen LogP contribution in [-0.2, 0) is 27.5 Å². The second-order valence-corrected chi connectivity index (χ2v) is 9.31. The molecule has 29 heavy (non-hydrogen) atoms. The van der Waals surface area contributed by atoms with Gasteiger partial charge in [0, 0.05) is 16.5 Å². The summed E-state index contributed by atoms with van der Waals surface area (Å²) < 4.78 is 10.3. The van der Waals surface area contributed by atoms with E-state index in [1.54, 1.807) is 18.7 Å². The van der Waals surface area contributed by atoms with Gasteiger partial charge in [0.2, 0.25) is 0 Å². The highest BCUT2D eigenvalue weighted by Gasteiger charge is 2.39. The van der Waals surface area contributed by atoms with Crippen molar-refractivity contribution in [1.82, 2.24) is 30.9 Å². The monoisotopic (exact) mass is 400 g/mol. The Balaban J connectivity index is 1.79. The van der Waals surface area contributed by atoms with E-state index in [0.29, 0.717) is 5.82 Å². The van der Waals surface area contributed by atoms with E-state index >= 15 is 0 Å². The van der Waals surface area contributed by atoms with Crippen LogP contribution in [-0.4, -0.2) is 36.7 Å². The fraction of sp³-hybridized carbons (Fsp3) is 0.600. The fourth-order valence-corrected chi connectivity index (χ4v) is 3.37. The van der Waals surface area contributed by atoms with Gasteiger partial charge in [-0.1, -0.05) is 43.2 Å². The number of nitrogens with zero attached hydrogens (tertiary/aromatic N) is 5. The SMILES string of the molecule is CC(C)(CCC(C)(C)c1nocc1C(C)(C)C(=O)Cc1nn[nH]n1)c1cnoc1. The van der Waals surface area contributed by atoms with Crippen molar-refractivity contribution in [3.63, 3.8) is 0 Å². The lowest BCUT2D eigenvalue weighted by atomic mass is 9.70. The molecule has 156 valence electrons. The van der Waals surface area contributed by atoms with Crippen molar-refractivity contribution >= 4 is 5.78 Å². The number of nitrogens with one attached hydrogen (secondary N) is 1. The molecule has 1 N–H and O–H groups in total. The van der Waals surface area contributed by atoms with E-state index in [4.69, 9.17) is 9.05 Å². The van der Waals surface area contributed by atoms with Crippen LogP contribution < -0.4 is 0 Å². The molecular formula is C20H28N6O3. The highest BCUT2D eigenvalue weighted by atomic mass is 16.5. The third kappa shape index (κ3) is 4.28. The number of rotatable bonds is 9. The molecule has 0 amide bonds. The summed E-state index contributed by atoms with van der Waals surface area (Å²) in [6.07, 6.45) is 6.86. The zero-order valence-electron chi connectivity index (χ0n) is 17.8. The molecule has 0 aliphatic rings. The molecule has 0 atom stereocenters. The highest BCUT2D eigenvalue weighted by molar-refractivity contribution is 5.90. The molecule has 3 heterocycles. The number of tetrazole rings is 1. The van der Waals surface area contributed by atoms with Crippen LogP contribution in [0, 0.1) is 0 Å². The van der Waals surface area contributed by atoms with Crippen LogP contribution in [0.1, 0.15) is 77.0 Å². The minimum atomic E-state index is -0.794. The number of H-pyrrole nitrogens is 1. The maximum atomic E-state index is 13.0. The van der Waals surface area contributed by atoms with Gasteiger partial charge in [0.15, 0.2) is 11.6 Å². The van der Waals surface area contributed by atoms with E-state index < -0.39 is 5.41 Å². The lowest BCUT2D eigenvalue weighted by Gasteiger charge is -2.32. The molecule has 0 spiro atoms. The van der Waals surface area contributed by atoms with E-state index in [2.05, 4.69) is 58.6 Å². The van der Waals surface area contributed by atoms with Gasteiger partial charge in [0.05, 0.1) is 23.7 Å². The number of Topliss-reactive ketones (excluding diaryl/α,β-unsaturated/α-hetero) is 1. The molecule has 0 saturated heterocycles. The first-order chi connectivity index (χ1) is 13.5. The maximum absolute atomic E-state index is 13.0. The quantitative estimate of drug-likeness (QED) is 0.580. The standard InChI is InChI=1S/C20H28N6O3/c1-18(2,13-10-21-28-11-13)7-8-19(3,4)17-14(12-29-24-17)20(5,6)15(27)9-16-22-25-26-23-16/h10-12H,7-9H2,1-6H3,(H,22,23,25,26).